The van der Waals surface area contributed by atoms with Crippen molar-refractivity contribution in [2.75, 3.05) is 53.4 Å². The van der Waals surface area contributed by atoms with Crippen LogP contribution in [0.15, 0.2) is 182 Å². The van der Waals surface area contributed by atoms with Gasteiger partial charge in [-0.2, -0.15) is 0 Å². The molecule has 9 aromatic rings. The summed E-state index contributed by atoms with van der Waals surface area (Å²) in [6.45, 7) is 7.03. The van der Waals surface area contributed by atoms with Gasteiger partial charge >= 0.3 is 0 Å². The Morgan fingerprint density at radius 3 is 1.15 bits per heavy atom. The fourth-order valence-corrected chi connectivity index (χ4v) is 16.1. The quantitative estimate of drug-likeness (QED) is 0.0284. The molecule has 15 N–H and O–H groups in total. The van der Waals surface area contributed by atoms with E-state index in [1.165, 1.54) is 19.2 Å². The maximum absolute atomic E-state index is 13.2. The second-order valence-corrected chi connectivity index (χ2v) is 31.9. The number of aliphatic hydroxyl groups is 15. The summed E-state index contributed by atoms with van der Waals surface area (Å²) < 4.78 is 63.0. The van der Waals surface area contributed by atoms with Crippen molar-refractivity contribution in [3.05, 3.63) is 275 Å². The molecule has 0 aliphatic carbocycles. The SMILES string of the molecule is CCOc1ccc(Cc2cc([C@@H]3O[C@H](CO)[C@@H](O)[C@H](O)[C@H]3O)ccc2Cl)cc1.CCOc1ccc(Cc2cc([C@@H]3O[C@H](OC)[C@@H](O)[C@H](O)[C@H]3O)ccc2Cl)cc1.Cc1ccc([C@@H]2O[C@H](CO)[C@@H](O)[C@H](O)[C@H]2O)cc1Cc1ccc(-c2ccc(F)cc2)s1.OC[C@H]1O[C@@H](c2ccc(Cl)c(Cc3ccc(O[C@H]4CCOC4)cc3)c2)[C@H](O)[C@@H](O)[C@@H]1O. The first kappa shape index (κ1) is 91.6. The minimum atomic E-state index is -1.42. The number of aryl methyl sites for hydroxylation is 1. The van der Waals surface area contributed by atoms with Crippen LogP contribution in [0.5, 0.6) is 17.2 Å². The van der Waals surface area contributed by atoms with Crippen LogP contribution in [-0.4, -0.2) is 234 Å². The molecule has 5 aliphatic heterocycles. The number of thiophene rings is 1. The van der Waals surface area contributed by atoms with Crippen molar-refractivity contribution in [3.63, 3.8) is 0 Å². The molecule has 5 fully saturated rings. The lowest BCUT2D eigenvalue weighted by Gasteiger charge is -2.40. The van der Waals surface area contributed by atoms with Gasteiger partial charge in [0.2, 0.25) is 0 Å². The Labute approximate surface area is 702 Å². The molecule has 14 rings (SSSR count). The van der Waals surface area contributed by atoms with E-state index < -0.39 is 142 Å². The topological polar surface area (TPSA) is 387 Å². The van der Waals surface area contributed by atoms with E-state index in [9.17, 15) is 81.0 Å². The van der Waals surface area contributed by atoms with E-state index in [2.05, 4.69) is 0 Å². The number of aliphatic hydroxyl groups excluding tert-OH is 15. The van der Waals surface area contributed by atoms with E-state index in [1.54, 1.807) is 59.9 Å². The molecule has 0 saturated carbocycles. The smallest absolute Gasteiger partial charge is 0.186 e. The van der Waals surface area contributed by atoms with E-state index in [-0.39, 0.29) is 11.9 Å². The molecule has 636 valence electrons. The number of hydrogen-bond acceptors (Lipinski definition) is 25. The summed E-state index contributed by atoms with van der Waals surface area (Å²) in [6, 6.07) is 55.2. The average molecular weight is 1710 g/mol. The third kappa shape index (κ3) is 22.9. The molecule has 24 nitrogen and oxygen atoms in total. The van der Waals surface area contributed by atoms with Gasteiger partial charge < -0.3 is 119 Å². The highest BCUT2D eigenvalue weighted by Crippen LogP contribution is 2.41. The lowest BCUT2D eigenvalue weighted by molar-refractivity contribution is -0.292. The summed E-state index contributed by atoms with van der Waals surface area (Å²) in [5, 5.41) is 152. The Balaban J connectivity index is 0.000000154. The lowest BCUT2D eigenvalue weighted by atomic mass is 9.89. The van der Waals surface area contributed by atoms with Gasteiger partial charge in [0.15, 0.2) is 6.29 Å². The summed E-state index contributed by atoms with van der Waals surface area (Å²) in [5.41, 5.74) is 11.3. The summed E-state index contributed by atoms with van der Waals surface area (Å²) in [6.07, 6.45) is -20.4. The zero-order chi connectivity index (χ0) is 84.6. The first-order valence-corrected chi connectivity index (χ1v) is 40.9. The predicted octanol–water partition coefficient (Wildman–Crippen LogP) is 8.88. The Kier molecular flexibility index (Phi) is 33.4. The van der Waals surface area contributed by atoms with Crippen molar-refractivity contribution >= 4 is 46.1 Å². The predicted molar refractivity (Wildman–Crippen MR) is 439 cm³/mol. The van der Waals surface area contributed by atoms with Crippen LogP contribution in [0.4, 0.5) is 4.39 Å². The minimum Gasteiger partial charge on any atom is -0.494 e. The van der Waals surface area contributed by atoms with Gasteiger partial charge in [0.1, 0.15) is 145 Å². The summed E-state index contributed by atoms with van der Waals surface area (Å²) >= 11 is 20.8. The van der Waals surface area contributed by atoms with E-state index in [4.69, 9.17) is 77.4 Å². The van der Waals surface area contributed by atoms with Gasteiger partial charge in [-0.05, 0) is 191 Å². The molecule has 0 amide bonds. The van der Waals surface area contributed by atoms with Gasteiger partial charge in [-0.1, -0.05) is 138 Å². The van der Waals surface area contributed by atoms with Crippen LogP contribution in [0, 0.1) is 12.7 Å². The van der Waals surface area contributed by atoms with Crippen LogP contribution < -0.4 is 14.2 Å². The van der Waals surface area contributed by atoms with Crippen molar-refractivity contribution in [3.8, 4) is 27.7 Å². The molecule has 0 unspecified atom stereocenters. The van der Waals surface area contributed by atoms with Crippen molar-refractivity contribution in [1.82, 2.24) is 0 Å². The lowest BCUT2D eigenvalue weighted by Crippen LogP contribution is -2.55. The van der Waals surface area contributed by atoms with Crippen molar-refractivity contribution in [2.45, 2.75) is 181 Å². The van der Waals surface area contributed by atoms with Crippen LogP contribution in [0.2, 0.25) is 15.1 Å². The average Bonchev–Trinajstić information content (AvgIpc) is 0.889. The van der Waals surface area contributed by atoms with Crippen LogP contribution in [0.25, 0.3) is 10.4 Å². The van der Waals surface area contributed by atoms with Crippen LogP contribution in [0.1, 0.15) is 116 Å². The molecule has 5 saturated heterocycles. The zero-order valence-corrected chi connectivity index (χ0v) is 68.3. The highest BCUT2D eigenvalue weighted by Gasteiger charge is 2.48. The molecule has 0 bridgehead atoms. The van der Waals surface area contributed by atoms with Gasteiger partial charge in [-0.3, -0.25) is 0 Å². The Bertz CT molecular complexity index is 4480. The fourth-order valence-electron chi connectivity index (χ4n) is 14.5. The van der Waals surface area contributed by atoms with Crippen LogP contribution >= 0.6 is 46.1 Å². The number of rotatable bonds is 23. The second-order valence-electron chi connectivity index (χ2n) is 29.5. The molecule has 6 heterocycles. The van der Waals surface area contributed by atoms with Crippen molar-refractivity contribution < 1.29 is 124 Å². The normalized spacial score (nSPS) is 28.1. The van der Waals surface area contributed by atoms with Gasteiger partial charge in [0, 0.05) is 44.8 Å². The maximum Gasteiger partial charge on any atom is 0.186 e. The standard InChI is InChI=1S/C24H25FO5S.C23H27ClO7.2C21H25ClO6/c1-13-2-3-15(24-23(29)22(28)21(27)19(12-26)30-24)10-16(13)11-18-8-9-20(31-18)14-4-6-17(25)7-5-14;24-18-6-3-14(23-22(28)21(27)20(26)19(11-25)31-23)10-15(18)9-13-1-4-16(5-2-13)30-17-7-8-29-12-17;1-3-27-15-7-4-12(5-8-15)10-14-11-13(6-9-16(14)22)20-18(24)17(23)19(25)21(26-2)28-20;1-2-27-15-6-3-12(4-7-15)9-14-10-13(5-8-16(14)22)21-20(26)19(25)18(24)17(11-23)28-21/h2-10,19,21-24,26-29H,11-12H2,1H3;1-6,10,17,19-23,25-28H,7-9,11-12H2;4-9,11,17-21,23-25H,3,10H2,1-2H3;3-8,10,17-21,23-26H,2,9,11H2,1H3/t19-,21-,22+,23-,24+;17-,19+,20+,21-,22+,23-;17-,18-,19+,20+,21+;17-,18-,19+,20-,21+/m1011/s1. The van der Waals surface area contributed by atoms with Gasteiger partial charge in [0.05, 0.1) is 46.2 Å². The van der Waals surface area contributed by atoms with E-state index in [1.807, 2.05) is 142 Å². The molecule has 0 spiro atoms. The fraction of sp³-hybridized carbons (Fsp3) is 0.416. The van der Waals surface area contributed by atoms with E-state index in [0.717, 1.165) is 90.1 Å². The molecule has 1 aromatic heterocycles. The molecular weight excluding hydrogens is 1610 g/mol. The number of hydrogen-bond donors (Lipinski definition) is 15. The highest BCUT2D eigenvalue weighted by atomic mass is 35.5. The first-order valence-electron chi connectivity index (χ1n) is 38.9. The minimum absolute atomic E-state index is 0.0931. The third-order valence-electron chi connectivity index (χ3n) is 21.3. The van der Waals surface area contributed by atoms with E-state index >= 15 is 0 Å². The third-order valence-corrected chi connectivity index (χ3v) is 23.5. The zero-order valence-electron chi connectivity index (χ0n) is 65.2. The Morgan fingerprint density at radius 1 is 0.407 bits per heavy atom. The maximum atomic E-state index is 13.2. The molecule has 29 heteroatoms. The molecular formula is C89H102Cl3FO24S. The van der Waals surface area contributed by atoms with Crippen LogP contribution in [0.3, 0.4) is 0 Å². The molecule has 118 heavy (non-hydrogen) atoms. The molecule has 8 aromatic carbocycles. The first-order chi connectivity index (χ1) is 56.7. The van der Waals surface area contributed by atoms with Gasteiger partial charge in [0.25, 0.3) is 0 Å². The Hall–Kier alpha value is -7.18. The Morgan fingerprint density at radius 2 is 0.780 bits per heavy atom. The van der Waals surface area contributed by atoms with Gasteiger partial charge in [-0.25, -0.2) is 4.39 Å². The largest absolute Gasteiger partial charge is 0.494 e. The summed E-state index contributed by atoms with van der Waals surface area (Å²) in [7, 11) is 1.37. The monoisotopic (exact) mass is 1710 g/mol. The number of halogens is 4. The molecule has 0 radical (unpaired) electrons. The highest BCUT2D eigenvalue weighted by molar-refractivity contribution is 7.15. The molecule has 21 atom stereocenters. The van der Waals surface area contributed by atoms with E-state index in [0.29, 0.717) is 82.8 Å². The van der Waals surface area contributed by atoms with Crippen molar-refractivity contribution in [1.29, 1.82) is 0 Å². The number of benzene rings is 8. The van der Waals surface area contributed by atoms with Crippen LogP contribution in [-0.2, 0) is 54.1 Å². The number of methoxy groups -OCH3 is 1. The number of ether oxygens (including phenoxy) is 9. The van der Waals surface area contributed by atoms with Gasteiger partial charge in [-0.15, -0.1) is 11.3 Å². The molecule has 5 aliphatic rings. The summed E-state index contributed by atoms with van der Waals surface area (Å²) in [5.74, 6) is 2.14. The summed E-state index contributed by atoms with van der Waals surface area (Å²) in [4.78, 5) is 2.19. The second kappa shape index (κ2) is 43.0. The van der Waals surface area contributed by atoms with Crippen molar-refractivity contribution in [2.24, 2.45) is 0 Å².